The van der Waals surface area contributed by atoms with Gasteiger partial charge in [0.15, 0.2) is 17.3 Å². The summed E-state index contributed by atoms with van der Waals surface area (Å²) in [6.45, 7) is 2.11. The van der Waals surface area contributed by atoms with Gasteiger partial charge in [-0.25, -0.2) is 22.6 Å². The Morgan fingerprint density at radius 2 is 1.83 bits per heavy atom. The maximum atomic E-state index is 14.8. The Balaban J connectivity index is 1.88. The van der Waals surface area contributed by atoms with Crippen LogP contribution in [0.2, 0.25) is 0 Å². The standard InChI is InChI=1S/C25H26FN3O6S/c1-5-35-24-22(34-3)12-10-17(27-24)20(14-36(4,31)32)29-19-11-9-15(13-18(19)28-25(29)30)16-7-6-8-21(33-2)23(16)26/h6-13,20H,5,14H2,1-4H3,(H,28,30). The topological polar surface area (TPSA) is 113 Å². The fraction of sp³-hybridized carbons (Fsp3) is 0.280. The number of pyridine rings is 1. The molecule has 0 saturated heterocycles. The van der Waals surface area contributed by atoms with Crippen LogP contribution in [0.15, 0.2) is 53.3 Å². The van der Waals surface area contributed by atoms with E-state index in [-0.39, 0.29) is 17.4 Å². The Morgan fingerprint density at radius 1 is 1.08 bits per heavy atom. The molecule has 2 heterocycles. The number of aromatic nitrogens is 3. The zero-order valence-electron chi connectivity index (χ0n) is 20.2. The van der Waals surface area contributed by atoms with Gasteiger partial charge < -0.3 is 19.2 Å². The van der Waals surface area contributed by atoms with Gasteiger partial charge in [0.1, 0.15) is 9.84 Å². The number of hydrogen-bond donors (Lipinski definition) is 1. The smallest absolute Gasteiger partial charge is 0.327 e. The summed E-state index contributed by atoms with van der Waals surface area (Å²) >= 11 is 0. The van der Waals surface area contributed by atoms with Crippen LogP contribution in [-0.4, -0.2) is 55.8 Å². The second-order valence-electron chi connectivity index (χ2n) is 8.14. The Labute approximate surface area is 207 Å². The van der Waals surface area contributed by atoms with E-state index < -0.39 is 27.4 Å². The van der Waals surface area contributed by atoms with E-state index in [2.05, 4.69) is 9.97 Å². The quantitative estimate of drug-likeness (QED) is 0.363. The van der Waals surface area contributed by atoms with Gasteiger partial charge >= 0.3 is 5.69 Å². The van der Waals surface area contributed by atoms with Crippen molar-refractivity contribution >= 4 is 20.9 Å². The largest absolute Gasteiger partial charge is 0.494 e. The summed E-state index contributed by atoms with van der Waals surface area (Å²) < 4.78 is 56.8. The summed E-state index contributed by atoms with van der Waals surface area (Å²) in [5, 5.41) is 0. The molecule has 0 aliphatic carbocycles. The fourth-order valence-corrected chi connectivity index (χ4v) is 4.99. The molecule has 0 saturated carbocycles. The molecular formula is C25H26FN3O6S. The zero-order chi connectivity index (χ0) is 26.0. The van der Waals surface area contributed by atoms with Crippen molar-refractivity contribution in [2.75, 3.05) is 32.8 Å². The molecule has 0 bridgehead atoms. The molecule has 0 aliphatic heterocycles. The maximum absolute atomic E-state index is 14.8. The molecule has 11 heteroatoms. The summed E-state index contributed by atoms with van der Waals surface area (Å²) in [6.07, 6.45) is 1.09. The van der Waals surface area contributed by atoms with Gasteiger partial charge in [0.05, 0.1) is 49.3 Å². The summed E-state index contributed by atoms with van der Waals surface area (Å²) in [7, 11) is -0.681. The maximum Gasteiger partial charge on any atom is 0.327 e. The van der Waals surface area contributed by atoms with Gasteiger partial charge in [-0.05, 0) is 42.8 Å². The highest BCUT2D eigenvalue weighted by molar-refractivity contribution is 7.90. The number of methoxy groups -OCH3 is 2. The molecule has 4 rings (SSSR count). The lowest BCUT2D eigenvalue weighted by molar-refractivity contribution is 0.296. The SMILES string of the molecule is CCOc1nc(C(CS(C)(=O)=O)n2c(=O)[nH]c3cc(-c4cccc(OC)c4F)ccc32)ccc1OC. The van der Waals surface area contributed by atoms with Gasteiger partial charge in [-0.15, -0.1) is 0 Å². The minimum absolute atomic E-state index is 0.0996. The van der Waals surface area contributed by atoms with Crippen molar-refractivity contribution in [3.8, 4) is 28.5 Å². The van der Waals surface area contributed by atoms with Crippen molar-refractivity contribution in [2.45, 2.75) is 13.0 Å². The fourth-order valence-electron chi connectivity index (χ4n) is 4.10. The Morgan fingerprint density at radius 3 is 2.50 bits per heavy atom. The molecule has 2 aromatic heterocycles. The predicted octanol–water partition coefficient (Wildman–Crippen LogP) is 3.58. The van der Waals surface area contributed by atoms with Crippen molar-refractivity contribution in [2.24, 2.45) is 0 Å². The number of ether oxygens (including phenoxy) is 3. The predicted molar refractivity (Wildman–Crippen MR) is 134 cm³/mol. The minimum atomic E-state index is -3.54. The second kappa shape index (κ2) is 10.0. The lowest BCUT2D eigenvalue weighted by atomic mass is 10.0. The summed E-state index contributed by atoms with van der Waals surface area (Å²) in [5.41, 5.74) is 1.46. The minimum Gasteiger partial charge on any atom is -0.494 e. The van der Waals surface area contributed by atoms with Gasteiger partial charge in [0.25, 0.3) is 5.88 Å². The lowest BCUT2D eigenvalue weighted by Crippen LogP contribution is -2.29. The average molecular weight is 516 g/mol. The van der Waals surface area contributed by atoms with Crippen molar-refractivity contribution in [3.63, 3.8) is 0 Å². The molecule has 4 aromatic rings. The lowest BCUT2D eigenvalue weighted by Gasteiger charge is -2.19. The highest BCUT2D eigenvalue weighted by Gasteiger charge is 2.26. The zero-order valence-corrected chi connectivity index (χ0v) is 21.1. The number of imidazole rings is 1. The first-order valence-corrected chi connectivity index (χ1v) is 13.2. The van der Waals surface area contributed by atoms with Gasteiger partial charge in [0.2, 0.25) is 0 Å². The molecule has 0 aliphatic rings. The molecule has 36 heavy (non-hydrogen) atoms. The van der Waals surface area contributed by atoms with Crippen molar-refractivity contribution in [1.82, 2.24) is 14.5 Å². The molecule has 190 valence electrons. The molecule has 0 amide bonds. The van der Waals surface area contributed by atoms with Crippen LogP contribution in [0.5, 0.6) is 17.4 Å². The van der Waals surface area contributed by atoms with Crippen LogP contribution in [0.4, 0.5) is 4.39 Å². The Hall–Kier alpha value is -3.86. The van der Waals surface area contributed by atoms with Crippen molar-refractivity contribution in [3.05, 3.63) is 70.5 Å². The van der Waals surface area contributed by atoms with Crippen LogP contribution in [-0.2, 0) is 9.84 Å². The molecule has 2 aromatic carbocycles. The van der Waals surface area contributed by atoms with E-state index in [9.17, 15) is 17.6 Å². The van der Waals surface area contributed by atoms with Crippen LogP contribution >= 0.6 is 0 Å². The normalized spacial score (nSPS) is 12.5. The number of H-pyrrole nitrogens is 1. The third-order valence-corrected chi connectivity index (χ3v) is 6.59. The van der Waals surface area contributed by atoms with Gasteiger partial charge in [0, 0.05) is 11.8 Å². The number of halogens is 1. The number of benzene rings is 2. The Bertz CT molecular complexity index is 1580. The summed E-state index contributed by atoms with van der Waals surface area (Å²) in [6, 6.07) is 12.0. The number of fused-ring (bicyclic) bond motifs is 1. The van der Waals surface area contributed by atoms with E-state index in [0.717, 1.165) is 6.26 Å². The number of aromatic amines is 1. The molecule has 1 unspecified atom stereocenters. The molecule has 0 spiro atoms. The first kappa shape index (κ1) is 25.2. The van der Waals surface area contributed by atoms with E-state index in [1.807, 2.05) is 0 Å². The summed E-state index contributed by atoms with van der Waals surface area (Å²) in [4.78, 5) is 20.4. The summed E-state index contributed by atoms with van der Waals surface area (Å²) in [5.74, 6) is -0.226. The molecule has 9 nitrogen and oxygen atoms in total. The highest BCUT2D eigenvalue weighted by atomic mass is 32.2. The highest BCUT2D eigenvalue weighted by Crippen LogP contribution is 2.33. The van der Waals surface area contributed by atoms with Crippen molar-refractivity contribution < 1.29 is 27.0 Å². The number of nitrogens with one attached hydrogen (secondary N) is 1. The van der Waals surface area contributed by atoms with Gasteiger partial charge in [-0.3, -0.25) is 4.57 Å². The molecule has 0 fully saturated rings. The van der Waals surface area contributed by atoms with Crippen LogP contribution in [0, 0.1) is 5.82 Å². The molecular weight excluding hydrogens is 489 g/mol. The molecule has 1 N–H and O–H groups in total. The average Bonchev–Trinajstić information content (AvgIpc) is 3.17. The molecule has 0 radical (unpaired) electrons. The Kier molecular flexibility index (Phi) is 7.02. The number of nitrogens with zero attached hydrogens (tertiary/aromatic N) is 2. The number of rotatable bonds is 9. The van der Waals surface area contributed by atoms with E-state index in [1.165, 1.54) is 24.9 Å². The van der Waals surface area contributed by atoms with E-state index in [1.54, 1.807) is 49.4 Å². The monoisotopic (exact) mass is 515 g/mol. The van der Waals surface area contributed by atoms with Crippen LogP contribution in [0.1, 0.15) is 18.7 Å². The number of sulfone groups is 1. The van der Waals surface area contributed by atoms with Crippen LogP contribution < -0.4 is 19.9 Å². The first-order valence-electron chi connectivity index (χ1n) is 11.1. The van der Waals surface area contributed by atoms with E-state index >= 15 is 0 Å². The van der Waals surface area contributed by atoms with Gasteiger partial charge in [-0.1, -0.05) is 18.2 Å². The first-order chi connectivity index (χ1) is 17.2. The van der Waals surface area contributed by atoms with Gasteiger partial charge in [-0.2, -0.15) is 0 Å². The van der Waals surface area contributed by atoms with Crippen molar-refractivity contribution in [1.29, 1.82) is 0 Å². The second-order valence-corrected chi connectivity index (χ2v) is 10.3. The third kappa shape index (κ3) is 4.92. The van der Waals surface area contributed by atoms with E-state index in [4.69, 9.17) is 14.2 Å². The third-order valence-electron chi connectivity index (χ3n) is 5.67. The van der Waals surface area contributed by atoms with E-state index in [0.29, 0.717) is 40.2 Å². The van der Waals surface area contributed by atoms with Crippen LogP contribution in [0.3, 0.4) is 0 Å². The molecule has 1 atom stereocenters. The number of hydrogen-bond acceptors (Lipinski definition) is 7. The van der Waals surface area contributed by atoms with Crippen LogP contribution in [0.25, 0.3) is 22.2 Å².